The van der Waals surface area contributed by atoms with Crippen molar-refractivity contribution in [1.82, 2.24) is 0 Å². The number of phenolic OH excluding ortho intramolecular Hbond substituents is 1. The molecular formula is C10H15NO2. The molecule has 1 aromatic carbocycles. The largest absolute Gasteiger partial charge is 0.506 e. The Bertz CT molecular complexity index is 286. The van der Waals surface area contributed by atoms with Crippen LogP contribution in [0.3, 0.4) is 0 Å². The van der Waals surface area contributed by atoms with Crippen molar-refractivity contribution in [1.29, 1.82) is 0 Å². The first-order chi connectivity index (χ1) is 6.16. The van der Waals surface area contributed by atoms with Gasteiger partial charge in [-0.3, -0.25) is 0 Å². The molecule has 4 N–H and O–H groups in total. The maximum absolute atomic E-state index is 9.63. The molecule has 13 heavy (non-hydrogen) atoms. The van der Waals surface area contributed by atoms with Crippen molar-refractivity contribution in [2.24, 2.45) is 0 Å². The summed E-state index contributed by atoms with van der Waals surface area (Å²) in [4.78, 5) is 0. The molecule has 0 spiro atoms. The average molecular weight is 181 g/mol. The summed E-state index contributed by atoms with van der Waals surface area (Å²) in [6.45, 7) is 1.99. The molecule has 1 unspecified atom stereocenters. The molecule has 0 aliphatic carbocycles. The van der Waals surface area contributed by atoms with Gasteiger partial charge in [0.1, 0.15) is 5.75 Å². The number of aromatic hydroxyl groups is 1. The van der Waals surface area contributed by atoms with Gasteiger partial charge < -0.3 is 15.9 Å². The van der Waals surface area contributed by atoms with E-state index in [1.807, 2.05) is 6.92 Å². The molecule has 0 amide bonds. The standard InChI is InChI=1S/C10H15NO2/c1-2-4-8(12)7-5-3-6-9(13)10(7)11/h3,5-6,8,12-13H,2,4,11H2,1H3. The van der Waals surface area contributed by atoms with E-state index in [1.54, 1.807) is 12.1 Å². The third-order valence-corrected chi connectivity index (χ3v) is 2.04. The smallest absolute Gasteiger partial charge is 0.138 e. The van der Waals surface area contributed by atoms with Gasteiger partial charge in [0.05, 0.1) is 11.8 Å². The number of hydrogen-bond donors (Lipinski definition) is 3. The highest BCUT2D eigenvalue weighted by Gasteiger charge is 2.11. The Hall–Kier alpha value is -1.22. The molecule has 0 fully saturated rings. The van der Waals surface area contributed by atoms with Crippen LogP contribution in [0.25, 0.3) is 0 Å². The van der Waals surface area contributed by atoms with Gasteiger partial charge in [0, 0.05) is 5.56 Å². The van der Waals surface area contributed by atoms with Crippen LogP contribution in [-0.4, -0.2) is 10.2 Å². The summed E-state index contributed by atoms with van der Waals surface area (Å²) in [5.41, 5.74) is 6.50. The van der Waals surface area contributed by atoms with Gasteiger partial charge in [-0.15, -0.1) is 0 Å². The molecule has 1 aromatic rings. The Kier molecular flexibility index (Phi) is 3.14. The van der Waals surface area contributed by atoms with E-state index in [-0.39, 0.29) is 11.4 Å². The fraction of sp³-hybridized carbons (Fsp3) is 0.400. The predicted octanol–water partition coefficient (Wildman–Crippen LogP) is 1.81. The quantitative estimate of drug-likeness (QED) is 0.492. The van der Waals surface area contributed by atoms with Gasteiger partial charge in [-0.1, -0.05) is 25.5 Å². The summed E-state index contributed by atoms with van der Waals surface area (Å²) in [5, 5.41) is 18.9. The minimum Gasteiger partial charge on any atom is -0.506 e. The van der Waals surface area contributed by atoms with Crippen LogP contribution in [0.1, 0.15) is 31.4 Å². The monoisotopic (exact) mass is 181 g/mol. The zero-order valence-electron chi connectivity index (χ0n) is 7.70. The van der Waals surface area contributed by atoms with Crippen LogP contribution in [0.2, 0.25) is 0 Å². The maximum atomic E-state index is 9.63. The molecule has 3 nitrogen and oxygen atoms in total. The molecule has 0 bridgehead atoms. The molecule has 0 heterocycles. The van der Waals surface area contributed by atoms with Crippen molar-refractivity contribution in [3.05, 3.63) is 23.8 Å². The molecule has 0 aliphatic rings. The minimum atomic E-state index is -0.572. The zero-order valence-corrected chi connectivity index (χ0v) is 7.70. The number of anilines is 1. The number of nitrogen functional groups attached to an aromatic ring is 1. The van der Waals surface area contributed by atoms with Gasteiger partial charge in [-0.2, -0.15) is 0 Å². The van der Waals surface area contributed by atoms with Gasteiger partial charge in [0.15, 0.2) is 0 Å². The Labute approximate surface area is 77.8 Å². The number of aliphatic hydroxyl groups excluding tert-OH is 1. The third kappa shape index (κ3) is 2.12. The van der Waals surface area contributed by atoms with Crippen molar-refractivity contribution in [2.75, 3.05) is 5.73 Å². The fourth-order valence-corrected chi connectivity index (χ4v) is 1.29. The van der Waals surface area contributed by atoms with Gasteiger partial charge in [0.25, 0.3) is 0 Å². The number of para-hydroxylation sites is 1. The van der Waals surface area contributed by atoms with Crippen molar-refractivity contribution < 1.29 is 10.2 Å². The number of rotatable bonds is 3. The van der Waals surface area contributed by atoms with Crippen LogP contribution in [0.15, 0.2) is 18.2 Å². The van der Waals surface area contributed by atoms with E-state index in [4.69, 9.17) is 5.73 Å². The van der Waals surface area contributed by atoms with E-state index in [2.05, 4.69) is 0 Å². The van der Waals surface area contributed by atoms with Crippen molar-refractivity contribution in [3.63, 3.8) is 0 Å². The topological polar surface area (TPSA) is 66.5 Å². The first kappa shape index (κ1) is 9.86. The molecule has 0 saturated carbocycles. The number of phenols is 1. The lowest BCUT2D eigenvalue weighted by molar-refractivity contribution is 0.167. The van der Waals surface area contributed by atoms with Crippen LogP contribution >= 0.6 is 0 Å². The lowest BCUT2D eigenvalue weighted by atomic mass is 10.0. The van der Waals surface area contributed by atoms with E-state index >= 15 is 0 Å². The van der Waals surface area contributed by atoms with Gasteiger partial charge in [0.2, 0.25) is 0 Å². The summed E-state index contributed by atoms with van der Waals surface area (Å²) in [5.74, 6) is 0.0349. The Balaban J connectivity index is 2.93. The highest BCUT2D eigenvalue weighted by molar-refractivity contribution is 5.58. The molecule has 72 valence electrons. The first-order valence-electron chi connectivity index (χ1n) is 4.42. The summed E-state index contributed by atoms with van der Waals surface area (Å²) in [7, 11) is 0. The van der Waals surface area contributed by atoms with Gasteiger partial charge in [-0.05, 0) is 12.5 Å². The molecule has 0 radical (unpaired) electrons. The highest BCUT2D eigenvalue weighted by Crippen LogP contribution is 2.30. The Morgan fingerprint density at radius 1 is 1.46 bits per heavy atom. The van der Waals surface area contributed by atoms with E-state index in [0.29, 0.717) is 12.0 Å². The lowest BCUT2D eigenvalue weighted by Crippen LogP contribution is -2.01. The number of nitrogens with two attached hydrogens (primary N) is 1. The second-order valence-electron chi connectivity index (χ2n) is 3.08. The molecule has 3 heteroatoms. The molecule has 1 rings (SSSR count). The van der Waals surface area contributed by atoms with E-state index < -0.39 is 6.10 Å². The number of aliphatic hydroxyl groups is 1. The SMILES string of the molecule is CCCC(O)c1cccc(O)c1N. The molecule has 0 aliphatic heterocycles. The van der Waals surface area contributed by atoms with E-state index in [0.717, 1.165) is 6.42 Å². The normalized spacial score (nSPS) is 12.8. The Morgan fingerprint density at radius 2 is 2.15 bits per heavy atom. The predicted molar refractivity (Wildman–Crippen MR) is 52.4 cm³/mol. The van der Waals surface area contributed by atoms with Gasteiger partial charge >= 0.3 is 0 Å². The van der Waals surface area contributed by atoms with Crippen LogP contribution in [0.5, 0.6) is 5.75 Å². The van der Waals surface area contributed by atoms with Crippen LogP contribution in [0, 0.1) is 0 Å². The molecular weight excluding hydrogens is 166 g/mol. The second-order valence-corrected chi connectivity index (χ2v) is 3.08. The summed E-state index contributed by atoms with van der Waals surface area (Å²) >= 11 is 0. The van der Waals surface area contributed by atoms with Crippen molar-refractivity contribution in [3.8, 4) is 5.75 Å². The summed E-state index contributed by atoms with van der Waals surface area (Å²) in [6.07, 6.45) is 0.973. The van der Waals surface area contributed by atoms with Gasteiger partial charge in [-0.25, -0.2) is 0 Å². The van der Waals surface area contributed by atoms with E-state index in [1.165, 1.54) is 6.07 Å². The van der Waals surface area contributed by atoms with Crippen LogP contribution in [0.4, 0.5) is 5.69 Å². The van der Waals surface area contributed by atoms with Crippen LogP contribution < -0.4 is 5.73 Å². The fourth-order valence-electron chi connectivity index (χ4n) is 1.29. The lowest BCUT2D eigenvalue weighted by Gasteiger charge is -2.12. The van der Waals surface area contributed by atoms with Crippen LogP contribution in [-0.2, 0) is 0 Å². The summed E-state index contributed by atoms with van der Waals surface area (Å²) in [6, 6.07) is 4.92. The number of hydrogen-bond acceptors (Lipinski definition) is 3. The molecule has 0 saturated heterocycles. The average Bonchev–Trinajstić information content (AvgIpc) is 2.10. The number of benzene rings is 1. The highest BCUT2D eigenvalue weighted by atomic mass is 16.3. The maximum Gasteiger partial charge on any atom is 0.138 e. The Morgan fingerprint density at radius 3 is 2.77 bits per heavy atom. The zero-order chi connectivity index (χ0) is 9.84. The molecule has 0 aromatic heterocycles. The van der Waals surface area contributed by atoms with Crippen molar-refractivity contribution >= 4 is 5.69 Å². The van der Waals surface area contributed by atoms with Crippen molar-refractivity contribution in [2.45, 2.75) is 25.9 Å². The molecule has 1 atom stereocenters. The van der Waals surface area contributed by atoms with E-state index in [9.17, 15) is 10.2 Å². The summed E-state index contributed by atoms with van der Waals surface area (Å²) < 4.78 is 0. The second kappa shape index (κ2) is 4.14. The third-order valence-electron chi connectivity index (χ3n) is 2.04. The first-order valence-corrected chi connectivity index (χ1v) is 4.42. The minimum absolute atomic E-state index is 0.0349.